The summed E-state index contributed by atoms with van der Waals surface area (Å²) < 4.78 is 37.2. The number of hydrogen-bond donors (Lipinski definition) is 2. The third kappa shape index (κ3) is 2.95. The molecule has 0 aliphatic carbocycles. The van der Waals surface area contributed by atoms with Crippen molar-refractivity contribution in [1.82, 2.24) is 0 Å². The van der Waals surface area contributed by atoms with Gasteiger partial charge < -0.3 is 10.4 Å². The van der Waals surface area contributed by atoms with Crippen LogP contribution in [0.1, 0.15) is 5.56 Å². The van der Waals surface area contributed by atoms with E-state index in [0.29, 0.717) is 0 Å². The molecule has 0 fully saturated rings. The molecule has 1 aromatic rings. The van der Waals surface area contributed by atoms with Gasteiger partial charge in [-0.05, 0) is 12.1 Å². The molecule has 0 unspecified atom stereocenters. The zero-order chi connectivity index (χ0) is 11.5. The summed E-state index contributed by atoms with van der Waals surface area (Å²) in [7, 11) is 0. The highest BCUT2D eigenvalue weighted by molar-refractivity contribution is 5.92. The summed E-state index contributed by atoms with van der Waals surface area (Å²) in [6.07, 6.45) is -4.53. The van der Waals surface area contributed by atoms with E-state index in [1.807, 2.05) is 5.32 Å². The summed E-state index contributed by atoms with van der Waals surface area (Å²) in [5.41, 5.74) is -1.30. The molecule has 0 heterocycles. The number of anilines is 1. The van der Waals surface area contributed by atoms with Gasteiger partial charge in [0.2, 0.25) is 5.91 Å². The largest absolute Gasteiger partial charge is 0.418 e. The number of aliphatic hydroxyl groups excluding tert-OH is 1. The highest BCUT2D eigenvalue weighted by Crippen LogP contribution is 2.34. The quantitative estimate of drug-likeness (QED) is 0.794. The highest BCUT2D eigenvalue weighted by Gasteiger charge is 2.33. The van der Waals surface area contributed by atoms with Crippen molar-refractivity contribution >= 4 is 11.6 Å². The molecular formula is C9H8F3NO2. The Labute approximate surface area is 83.5 Å². The number of carbonyl (C=O) groups excluding carboxylic acids is 1. The Bertz CT molecular complexity index is 363. The summed E-state index contributed by atoms with van der Waals surface area (Å²) in [5.74, 6) is -0.883. The Balaban J connectivity index is 3.02. The van der Waals surface area contributed by atoms with Crippen LogP contribution in [0.25, 0.3) is 0 Å². The maximum atomic E-state index is 12.4. The third-order valence-electron chi connectivity index (χ3n) is 1.65. The molecule has 0 spiro atoms. The predicted octanol–water partition coefficient (Wildman–Crippen LogP) is 1.64. The van der Waals surface area contributed by atoms with Crippen LogP contribution >= 0.6 is 0 Å². The minimum absolute atomic E-state index is 0.357. The SMILES string of the molecule is O=C(CO)Nc1ccccc1C(F)(F)F. The Morgan fingerprint density at radius 3 is 2.47 bits per heavy atom. The van der Waals surface area contributed by atoms with E-state index in [9.17, 15) is 18.0 Å². The fourth-order valence-electron chi connectivity index (χ4n) is 1.03. The summed E-state index contributed by atoms with van der Waals surface area (Å²) in [4.78, 5) is 10.7. The number of hydrogen-bond acceptors (Lipinski definition) is 2. The molecule has 82 valence electrons. The van der Waals surface area contributed by atoms with Crippen LogP contribution in [-0.4, -0.2) is 17.6 Å². The van der Waals surface area contributed by atoms with E-state index in [1.54, 1.807) is 0 Å². The van der Waals surface area contributed by atoms with E-state index in [0.717, 1.165) is 12.1 Å². The van der Waals surface area contributed by atoms with Crippen molar-refractivity contribution in [2.75, 3.05) is 11.9 Å². The van der Waals surface area contributed by atoms with Gasteiger partial charge in [0.15, 0.2) is 0 Å². The van der Waals surface area contributed by atoms with Crippen molar-refractivity contribution in [3.8, 4) is 0 Å². The lowest BCUT2D eigenvalue weighted by atomic mass is 10.1. The molecule has 0 aliphatic heterocycles. The first kappa shape index (κ1) is 11.5. The van der Waals surface area contributed by atoms with Crippen LogP contribution in [0.4, 0.5) is 18.9 Å². The van der Waals surface area contributed by atoms with E-state index < -0.39 is 24.3 Å². The van der Waals surface area contributed by atoms with Crippen molar-refractivity contribution in [1.29, 1.82) is 0 Å². The van der Waals surface area contributed by atoms with Gasteiger partial charge in [-0.15, -0.1) is 0 Å². The van der Waals surface area contributed by atoms with Crippen LogP contribution in [0, 0.1) is 0 Å². The Morgan fingerprint density at radius 1 is 1.33 bits per heavy atom. The van der Waals surface area contributed by atoms with Gasteiger partial charge >= 0.3 is 6.18 Å². The average molecular weight is 219 g/mol. The smallest absolute Gasteiger partial charge is 0.387 e. The maximum absolute atomic E-state index is 12.4. The Morgan fingerprint density at radius 2 is 1.93 bits per heavy atom. The third-order valence-corrected chi connectivity index (χ3v) is 1.65. The Kier molecular flexibility index (Phi) is 3.31. The molecule has 2 N–H and O–H groups in total. The Hall–Kier alpha value is -1.56. The standard InChI is InChI=1S/C9H8F3NO2/c10-9(11,12)6-3-1-2-4-7(6)13-8(15)5-14/h1-4,14H,5H2,(H,13,15). The highest BCUT2D eigenvalue weighted by atomic mass is 19.4. The molecule has 0 radical (unpaired) electrons. The second kappa shape index (κ2) is 4.31. The van der Waals surface area contributed by atoms with Crippen molar-refractivity contribution in [2.45, 2.75) is 6.18 Å². The molecule has 0 bridgehead atoms. The number of aliphatic hydroxyl groups is 1. The van der Waals surface area contributed by atoms with Crippen LogP contribution in [-0.2, 0) is 11.0 Å². The molecule has 0 saturated heterocycles. The van der Waals surface area contributed by atoms with E-state index >= 15 is 0 Å². The van der Waals surface area contributed by atoms with Crippen molar-refractivity contribution in [3.63, 3.8) is 0 Å². The molecule has 15 heavy (non-hydrogen) atoms. The van der Waals surface area contributed by atoms with Gasteiger partial charge in [-0.3, -0.25) is 4.79 Å². The minimum atomic E-state index is -4.53. The minimum Gasteiger partial charge on any atom is -0.387 e. The number of nitrogens with one attached hydrogen (secondary N) is 1. The number of carbonyl (C=O) groups is 1. The molecule has 0 saturated carbocycles. The first-order valence-corrected chi connectivity index (χ1v) is 4.02. The molecule has 1 rings (SSSR count). The van der Waals surface area contributed by atoms with Gasteiger partial charge in [0, 0.05) is 0 Å². The average Bonchev–Trinajstić information content (AvgIpc) is 2.17. The lowest BCUT2D eigenvalue weighted by Gasteiger charge is -2.12. The van der Waals surface area contributed by atoms with Gasteiger partial charge in [-0.2, -0.15) is 13.2 Å². The van der Waals surface area contributed by atoms with Crippen LogP contribution in [0.2, 0.25) is 0 Å². The topological polar surface area (TPSA) is 49.3 Å². The predicted molar refractivity (Wildman–Crippen MR) is 47.2 cm³/mol. The zero-order valence-electron chi connectivity index (χ0n) is 7.51. The maximum Gasteiger partial charge on any atom is 0.418 e. The normalized spacial score (nSPS) is 11.2. The van der Waals surface area contributed by atoms with Gasteiger partial charge in [-0.1, -0.05) is 12.1 Å². The number of benzene rings is 1. The summed E-state index contributed by atoms with van der Waals surface area (Å²) in [6, 6.07) is 4.56. The van der Waals surface area contributed by atoms with E-state index in [4.69, 9.17) is 5.11 Å². The lowest BCUT2D eigenvalue weighted by Crippen LogP contribution is -2.18. The fourth-order valence-corrected chi connectivity index (χ4v) is 1.03. The second-order valence-corrected chi connectivity index (χ2v) is 2.75. The number of rotatable bonds is 2. The molecular weight excluding hydrogens is 211 g/mol. The number of para-hydroxylation sites is 1. The van der Waals surface area contributed by atoms with E-state index in [-0.39, 0.29) is 5.69 Å². The first-order chi connectivity index (χ1) is 6.95. The zero-order valence-corrected chi connectivity index (χ0v) is 7.51. The van der Waals surface area contributed by atoms with Crippen molar-refractivity contribution in [3.05, 3.63) is 29.8 Å². The molecule has 1 aromatic carbocycles. The van der Waals surface area contributed by atoms with Crippen molar-refractivity contribution < 1.29 is 23.1 Å². The molecule has 0 atom stereocenters. The van der Waals surface area contributed by atoms with E-state index in [1.165, 1.54) is 12.1 Å². The van der Waals surface area contributed by atoms with Crippen LogP contribution in [0.5, 0.6) is 0 Å². The van der Waals surface area contributed by atoms with Crippen LogP contribution < -0.4 is 5.32 Å². The van der Waals surface area contributed by atoms with Crippen molar-refractivity contribution in [2.24, 2.45) is 0 Å². The van der Waals surface area contributed by atoms with Crippen LogP contribution in [0.15, 0.2) is 24.3 Å². The molecule has 6 heteroatoms. The summed E-state index contributed by atoms with van der Waals surface area (Å²) in [6.45, 7) is -0.855. The first-order valence-electron chi connectivity index (χ1n) is 4.02. The van der Waals surface area contributed by atoms with Crippen LogP contribution in [0.3, 0.4) is 0 Å². The van der Waals surface area contributed by atoms with Gasteiger partial charge in [0.25, 0.3) is 0 Å². The molecule has 0 aromatic heterocycles. The number of halogens is 3. The van der Waals surface area contributed by atoms with E-state index in [2.05, 4.69) is 0 Å². The monoisotopic (exact) mass is 219 g/mol. The molecule has 3 nitrogen and oxygen atoms in total. The number of amides is 1. The molecule has 1 amide bonds. The summed E-state index contributed by atoms with van der Waals surface area (Å²) in [5, 5.41) is 10.4. The second-order valence-electron chi connectivity index (χ2n) is 2.75. The van der Waals surface area contributed by atoms with Gasteiger partial charge in [-0.25, -0.2) is 0 Å². The number of alkyl halides is 3. The lowest BCUT2D eigenvalue weighted by molar-refractivity contribution is -0.137. The summed E-state index contributed by atoms with van der Waals surface area (Å²) >= 11 is 0. The van der Waals surface area contributed by atoms with Gasteiger partial charge in [0.05, 0.1) is 11.3 Å². The molecule has 0 aliphatic rings. The fraction of sp³-hybridized carbons (Fsp3) is 0.222. The van der Waals surface area contributed by atoms with Gasteiger partial charge in [0.1, 0.15) is 6.61 Å².